The fourth-order valence-electron chi connectivity index (χ4n) is 2.03. The fraction of sp³-hybridized carbons (Fsp3) is 0.231. The summed E-state index contributed by atoms with van der Waals surface area (Å²) in [6.07, 6.45) is 4.34. The van der Waals surface area contributed by atoms with Gasteiger partial charge in [-0.2, -0.15) is 0 Å². The van der Waals surface area contributed by atoms with Gasteiger partial charge in [0.05, 0.1) is 0 Å². The van der Waals surface area contributed by atoms with Crippen LogP contribution in [0.1, 0.15) is 6.42 Å². The molecule has 2 aromatic heterocycles. The highest BCUT2D eigenvalue weighted by Gasteiger charge is 2.27. The molecule has 3 heterocycles. The first-order valence-corrected chi connectivity index (χ1v) is 8.13. The van der Waals surface area contributed by atoms with Crippen molar-refractivity contribution in [2.45, 2.75) is 6.42 Å². The first kappa shape index (κ1) is 14.1. The Balaban J connectivity index is 2.08. The zero-order chi connectivity index (χ0) is 14.1. The van der Waals surface area contributed by atoms with E-state index in [1.165, 1.54) is 0 Å². The smallest absolute Gasteiger partial charge is 0.177 e. The van der Waals surface area contributed by atoms with Gasteiger partial charge in [-0.1, -0.05) is 0 Å². The van der Waals surface area contributed by atoms with Gasteiger partial charge < -0.3 is 9.64 Å². The molecule has 0 aromatic carbocycles. The zero-order valence-electron chi connectivity index (χ0n) is 10.3. The standard InChI is InChI=1S/C13H10Br2ClN3O/c14-8-4-10-12(17-6-8)19(3-1-2-16)13-11(20-10)5-9(15)7-18-13/h4-7H,1-3H2. The van der Waals surface area contributed by atoms with E-state index in [1.54, 1.807) is 12.4 Å². The minimum absolute atomic E-state index is 0.592. The number of pyridine rings is 2. The van der Waals surface area contributed by atoms with Gasteiger partial charge in [0, 0.05) is 45.9 Å². The van der Waals surface area contributed by atoms with E-state index < -0.39 is 0 Å². The molecule has 7 heteroatoms. The summed E-state index contributed by atoms with van der Waals surface area (Å²) in [5.74, 6) is 3.54. The first-order valence-electron chi connectivity index (χ1n) is 6.01. The molecular formula is C13H10Br2ClN3O. The van der Waals surface area contributed by atoms with Crippen LogP contribution >= 0.6 is 43.5 Å². The second-order valence-corrected chi connectivity index (χ2v) is 6.46. The summed E-state index contributed by atoms with van der Waals surface area (Å²) in [6.45, 7) is 0.746. The summed E-state index contributed by atoms with van der Waals surface area (Å²) in [7, 11) is 0. The second kappa shape index (κ2) is 5.87. The molecule has 0 bridgehead atoms. The molecule has 0 amide bonds. The topological polar surface area (TPSA) is 38.2 Å². The number of ether oxygens (including phenoxy) is 1. The van der Waals surface area contributed by atoms with E-state index in [9.17, 15) is 0 Å². The van der Waals surface area contributed by atoms with Crippen LogP contribution in [-0.2, 0) is 0 Å². The normalized spacial score (nSPS) is 12.7. The summed E-state index contributed by atoms with van der Waals surface area (Å²) in [5.41, 5.74) is 0. The highest BCUT2D eigenvalue weighted by Crippen LogP contribution is 2.45. The zero-order valence-corrected chi connectivity index (χ0v) is 14.2. The van der Waals surface area contributed by atoms with Crippen molar-refractivity contribution in [2.75, 3.05) is 17.3 Å². The highest BCUT2D eigenvalue weighted by molar-refractivity contribution is 9.10. The van der Waals surface area contributed by atoms with Gasteiger partial charge in [0.25, 0.3) is 0 Å². The maximum atomic E-state index is 5.89. The number of halogens is 3. The molecule has 3 rings (SSSR count). The SMILES string of the molecule is ClCCCN1c2ncc(Br)cc2Oc2cc(Br)cnc21. The molecule has 0 spiro atoms. The molecule has 4 nitrogen and oxygen atoms in total. The molecule has 0 saturated carbocycles. The number of fused-ring (bicyclic) bond motifs is 2. The Morgan fingerprint density at radius 2 is 1.60 bits per heavy atom. The average molecular weight is 420 g/mol. The van der Waals surface area contributed by atoms with Crippen molar-refractivity contribution in [3.63, 3.8) is 0 Å². The van der Waals surface area contributed by atoms with Gasteiger partial charge in [0.1, 0.15) is 0 Å². The van der Waals surface area contributed by atoms with Crippen LogP contribution in [-0.4, -0.2) is 22.4 Å². The van der Waals surface area contributed by atoms with Gasteiger partial charge in [0.2, 0.25) is 0 Å². The van der Waals surface area contributed by atoms with E-state index in [2.05, 4.69) is 41.8 Å². The van der Waals surface area contributed by atoms with Crippen LogP contribution in [0.2, 0.25) is 0 Å². The lowest BCUT2D eigenvalue weighted by Gasteiger charge is -2.30. The van der Waals surface area contributed by atoms with E-state index in [1.807, 2.05) is 17.0 Å². The molecule has 0 aliphatic carbocycles. The van der Waals surface area contributed by atoms with Gasteiger partial charge in [-0.3, -0.25) is 0 Å². The van der Waals surface area contributed by atoms with Crippen LogP contribution in [0.15, 0.2) is 33.5 Å². The summed E-state index contributed by atoms with van der Waals surface area (Å²) in [6, 6.07) is 3.81. The lowest BCUT2D eigenvalue weighted by molar-refractivity contribution is 0.465. The molecular weight excluding hydrogens is 409 g/mol. The molecule has 0 saturated heterocycles. The average Bonchev–Trinajstić information content (AvgIpc) is 2.43. The van der Waals surface area contributed by atoms with E-state index in [0.29, 0.717) is 17.4 Å². The molecule has 0 fully saturated rings. The fourth-order valence-corrected chi connectivity index (χ4v) is 2.77. The Labute approximate surface area is 138 Å². The molecule has 0 atom stereocenters. The van der Waals surface area contributed by atoms with E-state index in [-0.39, 0.29) is 0 Å². The molecule has 1 aliphatic heterocycles. The van der Waals surface area contributed by atoms with Crippen LogP contribution in [0.4, 0.5) is 11.6 Å². The third kappa shape index (κ3) is 2.64. The van der Waals surface area contributed by atoms with Crippen LogP contribution in [0.25, 0.3) is 0 Å². The molecule has 0 unspecified atom stereocenters. The quantitative estimate of drug-likeness (QED) is 0.665. The highest BCUT2D eigenvalue weighted by atomic mass is 79.9. The van der Waals surface area contributed by atoms with Gasteiger partial charge in [-0.15, -0.1) is 11.6 Å². The van der Waals surface area contributed by atoms with Crippen LogP contribution in [0.5, 0.6) is 11.5 Å². The van der Waals surface area contributed by atoms with Gasteiger partial charge in [0.15, 0.2) is 23.1 Å². The Morgan fingerprint density at radius 3 is 2.10 bits per heavy atom. The van der Waals surface area contributed by atoms with Crippen molar-refractivity contribution >= 4 is 55.1 Å². The Morgan fingerprint density at radius 1 is 1.05 bits per heavy atom. The molecule has 2 aromatic rings. The summed E-state index contributed by atoms with van der Waals surface area (Å²) < 4.78 is 7.64. The maximum absolute atomic E-state index is 5.89. The predicted molar refractivity (Wildman–Crippen MR) is 86.3 cm³/mol. The number of rotatable bonds is 3. The minimum atomic E-state index is 0.592. The minimum Gasteiger partial charge on any atom is -0.449 e. The van der Waals surface area contributed by atoms with Crippen molar-refractivity contribution in [2.24, 2.45) is 0 Å². The number of aromatic nitrogens is 2. The number of alkyl halides is 1. The van der Waals surface area contributed by atoms with E-state index in [4.69, 9.17) is 16.3 Å². The molecule has 20 heavy (non-hydrogen) atoms. The van der Waals surface area contributed by atoms with Crippen molar-refractivity contribution in [1.29, 1.82) is 0 Å². The van der Waals surface area contributed by atoms with Crippen molar-refractivity contribution in [3.05, 3.63) is 33.5 Å². The lowest BCUT2D eigenvalue weighted by Crippen LogP contribution is -2.24. The number of hydrogen-bond donors (Lipinski definition) is 0. The van der Waals surface area contributed by atoms with Crippen LogP contribution in [0.3, 0.4) is 0 Å². The molecule has 0 N–H and O–H groups in total. The van der Waals surface area contributed by atoms with Crippen LogP contribution < -0.4 is 9.64 Å². The molecule has 1 aliphatic rings. The van der Waals surface area contributed by atoms with Gasteiger partial charge in [-0.25, -0.2) is 9.97 Å². The monoisotopic (exact) mass is 417 g/mol. The van der Waals surface area contributed by atoms with E-state index in [0.717, 1.165) is 33.5 Å². The third-order valence-corrected chi connectivity index (χ3v) is 3.98. The van der Waals surface area contributed by atoms with Gasteiger partial charge >= 0.3 is 0 Å². The van der Waals surface area contributed by atoms with Crippen molar-refractivity contribution in [1.82, 2.24) is 9.97 Å². The number of nitrogens with zero attached hydrogens (tertiary/aromatic N) is 3. The van der Waals surface area contributed by atoms with Crippen molar-refractivity contribution < 1.29 is 4.74 Å². The Kier molecular flexibility index (Phi) is 4.14. The maximum Gasteiger partial charge on any atom is 0.177 e. The van der Waals surface area contributed by atoms with Crippen molar-refractivity contribution in [3.8, 4) is 11.5 Å². The summed E-state index contributed by atoms with van der Waals surface area (Å²) in [5, 5.41) is 0. The number of hydrogen-bond acceptors (Lipinski definition) is 4. The predicted octanol–water partition coefficient (Wildman–Crippen LogP) is 4.87. The lowest BCUT2D eigenvalue weighted by atomic mass is 10.2. The molecule has 104 valence electrons. The Bertz CT molecular complexity index is 602. The summed E-state index contributed by atoms with van der Waals surface area (Å²) in [4.78, 5) is 10.9. The molecule has 0 radical (unpaired) electrons. The Hall–Kier alpha value is -0.850. The third-order valence-electron chi connectivity index (χ3n) is 2.85. The first-order chi connectivity index (χ1) is 9.69. The van der Waals surface area contributed by atoms with E-state index >= 15 is 0 Å². The van der Waals surface area contributed by atoms with Gasteiger partial charge in [-0.05, 0) is 38.3 Å². The largest absolute Gasteiger partial charge is 0.449 e. The van der Waals surface area contributed by atoms with Crippen LogP contribution in [0, 0.1) is 0 Å². The second-order valence-electron chi connectivity index (χ2n) is 4.25. The summed E-state index contributed by atoms with van der Waals surface area (Å²) >= 11 is 12.6. The number of anilines is 2.